The van der Waals surface area contributed by atoms with Crippen LogP contribution in [0.4, 0.5) is 0 Å². The van der Waals surface area contributed by atoms with E-state index in [-0.39, 0.29) is 15.8 Å². The number of hydrogen-bond acceptors (Lipinski definition) is 4. The minimum absolute atomic E-state index is 0.00795. The van der Waals surface area contributed by atoms with Crippen molar-refractivity contribution in [1.29, 1.82) is 5.26 Å². The van der Waals surface area contributed by atoms with Crippen molar-refractivity contribution in [2.75, 3.05) is 0 Å². The van der Waals surface area contributed by atoms with Gasteiger partial charge in [0.25, 0.3) is 0 Å². The zero-order chi connectivity index (χ0) is 15.5. The van der Waals surface area contributed by atoms with Gasteiger partial charge in [0.15, 0.2) is 0 Å². The lowest BCUT2D eigenvalue weighted by Gasteiger charge is -2.56. The molecule has 4 heteroatoms. The fourth-order valence-corrected chi connectivity index (χ4v) is 7.35. The molecule has 1 aromatic carbocycles. The smallest absolute Gasteiger partial charge is 0.141 e. The summed E-state index contributed by atoms with van der Waals surface area (Å²) in [6, 6.07) is 10.7. The van der Waals surface area contributed by atoms with Crippen molar-refractivity contribution in [3.63, 3.8) is 0 Å². The highest BCUT2D eigenvalue weighted by Gasteiger charge is 2.71. The maximum Gasteiger partial charge on any atom is 0.141 e. The molecular weight excluding hydrogens is 298 g/mol. The molecule has 0 unspecified atom stereocenters. The summed E-state index contributed by atoms with van der Waals surface area (Å²) in [5, 5.41) is 9.86. The standard InChI is InChI=1S/C17H19NOS2/c1-11(19)17-9-16(10-18,21-15(2,3)4)14(17)20-13-8-6-5-7-12(13)17/h5-8,14H,9H2,1-4H3/t14-,16+,17+/m1/s1. The predicted molar refractivity (Wildman–Crippen MR) is 88.8 cm³/mol. The summed E-state index contributed by atoms with van der Waals surface area (Å²) in [6.07, 6.45) is 0.641. The van der Waals surface area contributed by atoms with Crippen LogP contribution in [0.1, 0.15) is 39.7 Å². The van der Waals surface area contributed by atoms with E-state index in [4.69, 9.17) is 0 Å². The summed E-state index contributed by atoms with van der Waals surface area (Å²) in [7, 11) is 0. The maximum atomic E-state index is 12.4. The number of hydrogen-bond donors (Lipinski definition) is 0. The molecule has 0 bridgehead atoms. The highest BCUT2D eigenvalue weighted by atomic mass is 32.2. The number of benzene rings is 1. The van der Waals surface area contributed by atoms with Crippen LogP contribution >= 0.6 is 23.5 Å². The first-order valence-corrected chi connectivity index (χ1v) is 8.83. The van der Waals surface area contributed by atoms with Gasteiger partial charge in [-0.05, 0) is 25.0 Å². The normalized spacial score (nSPS) is 33.6. The van der Waals surface area contributed by atoms with Crippen LogP contribution in [0.15, 0.2) is 29.2 Å². The summed E-state index contributed by atoms with van der Waals surface area (Å²) < 4.78 is -0.457. The second kappa shape index (κ2) is 4.54. The minimum atomic E-state index is -0.465. The van der Waals surface area contributed by atoms with Crippen molar-refractivity contribution in [2.24, 2.45) is 0 Å². The van der Waals surface area contributed by atoms with Crippen LogP contribution in [-0.4, -0.2) is 20.5 Å². The first-order valence-electron chi connectivity index (χ1n) is 7.14. The molecule has 0 N–H and O–H groups in total. The van der Waals surface area contributed by atoms with E-state index in [1.807, 2.05) is 12.1 Å². The fraction of sp³-hybridized carbons (Fsp3) is 0.529. The van der Waals surface area contributed by atoms with Gasteiger partial charge in [-0.25, -0.2) is 0 Å². The summed E-state index contributed by atoms with van der Waals surface area (Å²) in [5.74, 6) is 0.199. The highest BCUT2D eigenvalue weighted by molar-refractivity contribution is 8.05. The van der Waals surface area contributed by atoms with Gasteiger partial charge in [0.1, 0.15) is 10.5 Å². The van der Waals surface area contributed by atoms with E-state index >= 15 is 0 Å². The van der Waals surface area contributed by atoms with Gasteiger partial charge in [-0.1, -0.05) is 39.0 Å². The Morgan fingerprint density at radius 1 is 1.43 bits per heavy atom. The number of rotatable bonds is 2. The lowest BCUT2D eigenvalue weighted by Crippen LogP contribution is -2.66. The molecule has 0 radical (unpaired) electrons. The molecule has 3 rings (SSSR count). The van der Waals surface area contributed by atoms with E-state index in [1.54, 1.807) is 30.4 Å². The van der Waals surface area contributed by atoms with Gasteiger partial charge >= 0.3 is 0 Å². The summed E-state index contributed by atoms with van der Waals surface area (Å²) >= 11 is 3.44. The van der Waals surface area contributed by atoms with Crippen molar-refractivity contribution in [1.82, 2.24) is 0 Å². The molecule has 2 nitrogen and oxygen atoms in total. The second-order valence-electron chi connectivity index (χ2n) is 6.91. The summed E-state index contributed by atoms with van der Waals surface area (Å²) in [5.41, 5.74) is 0.683. The van der Waals surface area contributed by atoms with Crippen molar-refractivity contribution in [3.05, 3.63) is 29.8 Å². The van der Waals surface area contributed by atoms with Crippen LogP contribution in [0.2, 0.25) is 0 Å². The first-order chi connectivity index (χ1) is 9.75. The lowest BCUT2D eigenvalue weighted by atomic mass is 9.56. The molecule has 0 amide bonds. The molecule has 0 saturated heterocycles. The van der Waals surface area contributed by atoms with Crippen LogP contribution in [0, 0.1) is 11.3 Å². The molecule has 0 aromatic heterocycles. The van der Waals surface area contributed by atoms with Gasteiger partial charge in [-0.15, -0.1) is 23.5 Å². The molecule has 1 saturated carbocycles. The SMILES string of the molecule is CC(=O)[C@]12C[C@@](C#N)(SC(C)(C)C)[C@H]1Sc1ccccc12. The number of carbonyl (C=O) groups excluding carboxylic acids is 1. The molecule has 1 aliphatic carbocycles. The number of nitrogens with zero attached hydrogens (tertiary/aromatic N) is 1. The van der Waals surface area contributed by atoms with Gasteiger partial charge in [0.05, 0.1) is 16.7 Å². The Balaban J connectivity index is 2.07. The number of nitriles is 1. The van der Waals surface area contributed by atoms with Crippen molar-refractivity contribution in [3.8, 4) is 6.07 Å². The van der Waals surface area contributed by atoms with E-state index in [1.165, 1.54) is 4.90 Å². The third-order valence-corrected chi connectivity index (χ3v) is 7.58. The van der Waals surface area contributed by atoms with E-state index in [0.29, 0.717) is 6.42 Å². The Kier molecular flexibility index (Phi) is 3.24. The number of Topliss-reactive ketones (excluding diaryl/α,β-unsaturated/α-hetero) is 1. The average molecular weight is 317 g/mol. The van der Waals surface area contributed by atoms with E-state index in [9.17, 15) is 10.1 Å². The number of thioether (sulfide) groups is 2. The third kappa shape index (κ3) is 1.98. The zero-order valence-corrected chi connectivity index (χ0v) is 14.4. The van der Waals surface area contributed by atoms with Crippen molar-refractivity contribution in [2.45, 2.75) is 59.2 Å². The second-order valence-corrected chi connectivity index (χ2v) is 10.2. The van der Waals surface area contributed by atoms with Gasteiger partial charge < -0.3 is 0 Å². The largest absolute Gasteiger partial charge is 0.299 e. The number of fused-ring (bicyclic) bond motifs is 3. The Morgan fingerprint density at radius 2 is 2.10 bits per heavy atom. The zero-order valence-electron chi connectivity index (χ0n) is 12.8. The topological polar surface area (TPSA) is 40.9 Å². The number of carbonyl (C=O) groups is 1. The molecule has 1 heterocycles. The maximum absolute atomic E-state index is 12.4. The van der Waals surface area contributed by atoms with E-state index < -0.39 is 10.2 Å². The number of ketones is 1. The monoisotopic (exact) mass is 317 g/mol. The van der Waals surface area contributed by atoms with E-state index in [2.05, 4.69) is 39.0 Å². The lowest BCUT2D eigenvalue weighted by molar-refractivity contribution is -0.125. The van der Waals surface area contributed by atoms with Crippen LogP contribution in [-0.2, 0) is 10.2 Å². The average Bonchev–Trinajstić information content (AvgIpc) is 2.67. The van der Waals surface area contributed by atoms with E-state index in [0.717, 1.165) is 5.56 Å². The van der Waals surface area contributed by atoms with Crippen LogP contribution in [0.5, 0.6) is 0 Å². The van der Waals surface area contributed by atoms with Gasteiger partial charge in [-0.3, -0.25) is 4.79 Å². The molecule has 1 aliphatic heterocycles. The molecule has 1 fully saturated rings. The molecule has 110 valence electrons. The molecule has 0 spiro atoms. The first kappa shape index (κ1) is 15.0. The molecule has 21 heavy (non-hydrogen) atoms. The molecule has 1 aromatic rings. The van der Waals surface area contributed by atoms with Gasteiger partial charge in [-0.2, -0.15) is 5.26 Å². The van der Waals surface area contributed by atoms with Crippen molar-refractivity contribution >= 4 is 29.3 Å². The molecular formula is C17H19NOS2. The highest BCUT2D eigenvalue weighted by Crippen LogP contribution is 2.69. The Bertz CT molecular complexity index is 657. The molecule has 3 atom stereocenters. The Hall–Kier alpha value is -0.920. The summed E-state index contributed by atoms with van der Waals surface area (Å²) in [4.78, 5) is 13.6. The molecule has 2 aliphatic rings. The van der Waals surface area contributed by atoms with Crippen LogP contribution < -0.4 is 0 Å². The predicted octanol–water partition coefficient (Wildman–Crippen LogP) is 4.19. The summed E-state index contributed by atoms with van der Waals surface area (Å²) in [6.45, 7) is 8.09. The van der Waals surface area contributed by atoms with Crippen molar-refractivity contribution < 1.29 is 4.79 Å². The quantitative estimate of drug-likeness (QED) is 0.820. The Labute approximate surface area is 134 Å². The third-order valence-electron chi connectivity index (χ3n) is 4.33. The fourth-order valence-electron chi connectivity index (χ4n) is 3.62. The van der Waals surface area contributed by atoms with Crippen LogP contribution in [0.3, 0.4) is 0 Å². The Morgan fingerprint density at radius 3 is 2.67 bits per heavy atom. The van der Waals surface area contributed by atoms with Gasteiger partial charge in [0, 0.05) is 9.64 Å². The minimum Gasteiger partial charge on any atom is -0.299 e. The van der Waals surface area contributed by atoms with Gasteiger partial charge in [0.2, 0.25) is 0 Å². The van der Waals surface area contributed by atoms with Crippen LogP contribution in [0.25, 0.3) is 0 Å².